The molecule has 1 aromatic rings. The number of phenolic OH excluding ortho intramolecular Hbond substituents is 1. The number of aromatic hydroxyl groups is 1. The molecule has 0 aliphatic carbocycles. The summed E-state index contributed by atoms with van der Waals surface area (Å²) in [7, 11) is 1.49. The molecule has 0 aliphatic rings. The summed E-state index contributed by atoms with van der Waals surface area (Å²) >= 11 is 0. The Morgan fingerprint density at radius 1 is 1.50 bits per heavy atom. The fourth-order valence-corrected chi connectivity index (χ4v) is 0.813. The fraction of sp³-hybridized carbons (Fsp3) is 0.111. The summed E-state index contributed by atoms with van der Waals surface area (Å²) in [6.07, 6.45) is 1.37. The van der Waals surface area contributed by atoms with Gasteiger partial charge in [0.05, 0.1) is 6.21 Å². The van der Waals surface area contributed by atoms with Crippen LogP contribution >= 0.6 is 0 Å². The molecule has 14 heavy (non-hydrogen) atoms. The Morgan fingerprint density at radius 2 is 2.21 bits per heavy atom. The lowest BCUT2D eigenvalue weighted by atomic mass is 10.2. The van der Waals surface area contributed by atoms with E-state index in [9.17, 15) is 9.90 Å². The van der Waals surface area contributed by atoms with E-state index < -0.39 is 6.03 Å². The summed E-state index contributed by atoms with van der Waals surface area (Å²) in [6.45, 7) is 0. The number of para-hydroxylation sites is 1. The van der Waals surface area contributed by atoms with Gasteiger partial charge in [-0.25, -0.2) is 10.2 Å². The van der Waals surface area contributed by atoms with Crippen molar-refractivity contribution in [2.45, 2.75) is 0 Å². The van der Waals surface area contributed by atoms with Crippen molar-refractivity contribution in [1.82, 2.24) is 10.7 Å². The average Bonchev–Trinajstić information content (AvgIpc) is 2.20. The van der Waals surface area contributed by atoms with E-state index in [1.165, 1.54) is 13.3 Å². The molecule has 5 heteroatoms. The van der Waals surface area contributed by atoms with Crippen molar-refractivity contribution < 1.29 is 9.90 Å². The number of urea groups is 1. The first-order valence-electron chi connectivity index (χ1n) is 4.03. The van der Waals surface area contributed by atoms with Crippen LogP contribution in [0, 0.1) is 0 Å². The first-order valence-corrected chi connectivity index (χ1v) is 4.03. The van der Waals surface area contributed by atoms with Gasteiger partial charge in [-0.2, -0.15) is 5.10 Å². The molecule has 5 nitrogen and oxygen atoms in total. The number of benzene rings is 1. The minimum atomic E-state index is -0.406. The molecule has 0 unspecified atom stereocenters. The number of rotatable bonds is 2. The van der Waals surface area contributed by atoms with Crippen LogP contribution in [-0.2, 0) is 0 Å². The second kappa shape index (κ2) is 4.86. The van der Waals surface area contributed by atoms with Crippen molar-refractivity contribution in [2.75, 3.05) is 7.05 Å². The zero-order chi connectivity index (χ0) is 10.4. The van der Waals surface area contributed by atoms with Gasteiger partial charge >= 0.3 is 6.03 Å². The Kier molecular flexibility index (Phi) is 3.49. The molecule has 0 saturated heterocycles. The van der Waals surface area contributed by atoms with Crippen LogP contribution < -0.4 is 10.7 Å². The molecule has 0 bridgehead atoms. The van der Waals surface area contributed by atoms with Crippen LogP contribution in [0.5, 0.6) is 5.75 Å². The molecule has 3 N–H and O–H groups in total. The Balaban J connectivity index is 2.60. The summed E-state index contributed by atoms with van der Waals surface area (Å²) in [5.41, 5.74) is 2.76. The van der Waals surface area contributed by atoms with E-state index in [-0.39, 0.29) is 5.75 Å². The lowest BCUT2D eigenvalue weighted by Crippen LogP contribution is -2.28. The molecule has 1 aromatic carbocycles. The number of nitrogens with one attached hydrogen (secondary N) is 2. The highest BCUT2D eigenvalue weighted by molar-refractivity contribution is 5.84. The number of amides is 2. The Bertz CT molecular complexity index is 350. The Morgan fingerprint density at radius 3 is 2.86 bits per heavy atom. The van der Waals surface area contributed by atoms with Gasteiger partial charge in [0.2, 0.25) is 0 Å². The van der Waals surface area contributed by atoms with Crippen LogP contribution in [0.25, 0.3) is 0 Å². The highest BCUT2D eigenvalue weighted by Gasteiger charge is 1.95. The number of hydrogen-bond donors (Lipinski definition) is 3. The van der Waals surface area contributed by atoms with Crippen molar-refractivity contribution >= 4 is 12.2 Å². The minimum Gasteiger partial charge on any atom is -0.507 e. The number of phenols is 1. The number of carbonyl (C=O) groups excluding carboxylic acids is 1. The van der Waals surface area contributed by atoms with Crippen molar-refractivity contribution in [2.24, 2.45) is 5.10 Å². The normalized spacial score (nSPS) is 10.1. The molecule has 0 heterocycles. The SMILES string of the molecule is CNC(=O)N/N=C/c1ccccc1O. The third-order valence-electron chi connectivity index (χ3n) is 1.53. The molecular weight excluding hydrogens is 182 g/mol. The lowest BCUT2D eigenvalue weighted by molar-refractivity contribution is 0.243. The van der Waals surface area contributed by atoms with Crippen LogP contribution in [0.15, 0.2) is 29.4 Å². The maximum absolute atomic E-state index is 10.7. The maximum Gasteiger partial charge on any atom is 0.334 e. The van der Waals surface area contributed by atoms with Gasteiger partial charge in [0.25, 0.3) is 0 Å². The van der Waals surface area contributed by atoms with E-state index in [4.69, 9.17) is 0 Å². The van der Waals surface area contributed by atoms with Crippen LogP contribution in [-0.4, -0.2) is 24.4 Å². The van der Waals surface area contributed by atoms with Gasteiger partial charge < -0.3 is 10.4 Å². The first kappa shape index (κ1) is 10.0. The number of nitrogens with zero attached hydrogens (tertiary/aromatic N) is 1. The highest BCUT2D eigenvalue weighted by atomic mass is 16.3. The van der Waals surface area contributed by atoms with Gasteiger partial charge in [-0.1, -0.05) is 12.1 Å². The average molecular weight is 193 g/mol. The van der Waals surface area contributed by atoms with E-state index >= 15 is 0 Å². The van der Waals surface area contributed by atoms with Crippen molar-refractivity contribution in [3.8, 4) is 5.75 Å². The molecule has 0 atom stereocenters. The van der Waals surface area contributed by atoms with Gasteiger partial charge in [-0.05, 0) is 12.1 Å². The molecule has 0 fully saturated rings. The van der Waals surface area contributed by atoms with E-state index in [0.29, 0.717) is 5.56 Å². The molecule has 0 aromatic heterocycles. The fourth-order valence-electron chi connectivity index (χ4n) is 0.813. The van der Waals surface area contributed by atoms with E-state index in [1.54, 1.807) is 24.3 Å². The quantitative estimate of drug-likeness (QED) is 0.476. The van der Waals surface area contributed by atoms with E-state index in [0.717, 1.165) is 0 Å². The van der Waals surface area contributed by atoms with E-state index in [2.05, 4.69) is 15.8 Å². The predicted molar refractivity (Wildman–Crippen MR) is 53.3 cm³/mol. The van der Waals surface area contributed by atoms with E-state index in [1.807, 2.05) is 0 Å². The summed E-state index contributed by atoms with van der Waals surface area (Å²) in [4.78, 5) is 10.7. The molecule has 1 rings (SSSR count). The zero-order valence-electron chi connectivity index (χ0n) is 7.69. The second-order valence-corrected chi connectivity index (χ2v) is 2.51. The van der Waals surface area contributed by atoms with Crippen molar-refractivity contribution in [3.05, 3.63) is 29.8 Å². The number of carbonyl (C=O) groups is 1. The van der Waals surface area contributed by atoms with Crippen LogP contribution in [0.3, 0.4) is 0 Å². The summed E-state index contributed by atoms with van der Waals surface area (Å²) in [5.74, 6) is 0.120. The number of hydrazone groups is 1. The standard InChI is InChI=1S/C9H11N3O2/c1-10-9(14)12-11-6-7-4-2-3-5-8(7)13/h2-6,13H,1H3,(H2,10,12,14)/b11-6+. The smallest absolute Gasteiger partial charge is 0.334 e. The second-order valence-electron chi connectivity index (χ2n) is 2.51. The van der Waals surface area contributed by atoms with Gasteiger partial charge in [-0.15, -0.1) is 0 Å². The van der Waals surface area contributed by atoms with Gasteiger partial charge in [0.1, 0.15) is 5.75 Å². The van der Waals surface area contributed by atoms with Gasteiger partial charge in [0.15, 0.2) is 0 Å². The van der Waals surface area contributed by atoms with Crippen LogP contribution in [0.2, 0.25) is 0 Å². The zero-order valence-corrected chi connectivity index (χ0v) is 7.69. The third kappa shape index (κ3) is 2.78. The molecule has 0 aliphatic heterocycles. The maximum atomic E-state index is 10.7. The molecule has 2 amide bonds. The van der Waals surface area contributed by atoms with Crippen molar-refractivity contribution in [3.63, 3.8) is 0 Å². The summed E-state index contributed by atoms with van der Waals surface area (Å²) in [6, 6.07) is 6.29. The lowest BCUT2D eigenvalue weighted by Gasteiger charge is -1.98. The monoisotopic (exact) mass is 193 g/mol. The summed E-state index contributed by atoms with van der Waals surface area (Å²) < 4.78 is 0. The highest BCUT2D eigenvalue weighted by Crippen LogP contribution is 2.12. The minimum absolute atomic E-state index is 0.120. The first-order chi connectivity index (χ1) is 6.74. The predicted octanol–water partition coefficient (Wildman–Crippen LogP) is 0.655. The molecular formula is C9H11N3O2. The summed E-state index contributed by atoms with van der Waals surface area (Å²) in [5, 5.41) is 15.3. The Labute approximate surface area is 81.4 Å². The van der Waals surface area contributed by atoms with Crippen LogP contribution in [0.4, 0.5) is 4.79 Å². The van der Waals surface area contributed by atoms with Gasteiger partial charge in [-0.3, -0.25) is 0 Å². The molecule has 0 saturated carbocycles. The van der Waals surface area contributed by atoms with Crippen molar-refractivity contribution in [1.29, 1.82) is 0 Å². The molecule has 0 spiro atoms. The third-order valence-corrected chi connectivity index (χ3v) is 1.53. The largest absolute Gasteiger partial charge is 0.507 e. The number of hydrogen-bond acceptors (Lipinski definition) is 3. The molecule has 0 radical (unpaired) electrons. The van der Waals surface area contributed by atoms with Gasteiger partial charge in [0, 0.05) is 12.6 Å². The topological polar surface area (TPSA) is 73.7 Å². The van der Waals surface area contributed by atoms with Crippen LogP contribution in [0.1, 0.15) is 5.56 Å². The molecule has 74 valence electrons. The Hall–Kier alpha value is -2.04.